The van der Waals surface area contributed by atoms with Gasteiger partial charge in [-0.05, 0) is 25.3 Å². The number of aromatic amines is 1. The van der Waals surface area contributed by atoms with E-state index in [1.807, 2.05) is 39.0 Å². The highest BCUT2D eigenvalue weighted by Gasteiger charge is 2.28. The first-order valence-electron chi connectivity index (χ1n) is 7.05. The van der Waals surface area contributed by atoms with Gasteiger partial charge in [-0.1, -0.05) is 55.8 Å². The van der Waals surface area contributed by atoms with Crippen LogP contribution in [0.3, 0.4) is 0 Å². The molecular weight excluding hydrogens is 288 g/mol. The largest absolute Gasteiger partial charge is 0.330 e. The molecule has 0 aliphatic rings. The molecule has 4 nitrogen and oxygen atoms in total. The molecule has 21 heavy (non-hydrogen) atoms. The molecule has 0 radical (unpaired) electrons. The average molecular weight is 307 g/mol. The zero-order valence-corrected chi connectivity index (χ0v) is 13.2. The monoisotopic (exact) mass is 306 g/mol. The van der Waals surface area contributed by atoms with Gasteiger partial charge in [0.05, 0.1) is 5.56 Å². The second-order valence-corrected chi connectivity index (χ2v) is 5.71. The molecule has 0 spiro atoms. The summed E-state index contributed by atoms with van der Waals surface area (Å²) in [7, 11) is 0. The van der Waals surface area contributed by atoms with E-state index in [1.165, 1.54) is 4.57 Å². The number of halogens is 1. The molecule has 0 aliphatic carbocycles. The van der Waals surface area contributed by atoms with E-state index >= 15 is 0 Å². The van der Waals surface area contributed by atoms with Gasteiger partial charge in [0.1, 0.15) is 5.15 Å². The standard InChI is InChI=1S/C16H19ClN2O2/c1-4-16(3,5-2)19-14(20)12(13(17)18-15(19)21)11-9-7-6-8-10-11/h6-10H,4-5H2,1-3H3,(H,18,21). The van der Waals surface area contributed by atoms with Crippen LogP contribution in [0.1, 0.15) is 33.6 Å². The average Bonchev–Trinajstić information content (AvgIpc) is 2.47. The smallest absolute Gasteiger partial charge is 0.297 e. The summed E-state index contributed by atoms with van der Waals surface area (Å²) in [4.78, 5) is 27.7. The molecule has 1 aromatic carbocycles. The van der Waals surface area contributed by atoms with Crippen LogP contribution in [-0.4, -0.2) is 9.55 Å². The Morgan fingerprint density at radius 3 is 2.24 bits per heavy atom. The summed E-state index contributed by atoms with van der Waals surface area (Å²) in [5, 5.41) is 0.0852. The third-order valence-corrected chi connectivity index (χ3v) is 4.47. The molecule has 1 aromatic heterocycles. The molecule has 112 valence electrons. The van der Waals surface area contributed by atoms with Crippen molar-refractivity contribution < 1.29 is 0 Å². The predicted octanol–water partition coefficient (Wildman–Crippen LogP) is 3.39. The molecule has 0 aliphatic heterocycles. The normalized spacial score (nSPS) is 11.6. The topological polar surface area (TPSA) is 54.9 Å². The van der Waals surface area contributed by atoms with E-state index in [-0.39, 0.29) is 10.7 Å². The van der Waals surface area contributed by atoms with Gasteiger partial charge in [-0.25, -0.2) is 4.79 Å². The Labute approximate surface area is 128 Å². The summed E-state index contributed by atoms with van der Waals surface area (Å²) < 4.78 is 1.29. The summed E-state index contributed by atoms with van der Waals surface area (Å²) in [6, 6.07) is 9.14. The van der Waals surface area contributed by atoms with Crippen LogP contribution in [0.2, 0.25) is 5.15 Å². The van der Waals surface area contributed by atoms with Crippen molar-refractivity contribution in [1.82, 2.24) is 9.55 Å². The number of H-pyrrole nitrogens is 1. The summed E-state index contributed by atoms with van der Waals surface area (Å²) in [6.45, 7) is 5.84. The van der Waals surface area contributed by atoms with Crippen LogP contribution in [0.5, 0.6) is 0 Å². The van der Waals surface area contributed by atoms with E-state index in [1.54, 1.807) is 12.1 Å². The third-order valence-electron chi connectivity index (χ3n) is 4.18. The maximum absolute atomic E-state index is 12.8. The van der Waals surface area contributed by atoms with Crippen LogP contribution >= 0.6 is 11.6 Å². The van der Waals surface area contributed by atoms with Crippen LogP contribution in [0.4, 0.5) is 0 Å². The van der Waals surface area contributed by atoms with Crippen LogP contribution in [0, 0.1) is 0 Å². The third kappa shape index (κ3) is 2.68. The molecule has 2 aromatic rings. The highest BCUT2D eigenvalue weighted by molar-refractivity contribution is 6.32. The number of aromatic nitrogens is 2. The van der Waals surface area contributed by atoms with Crippen molar-refractivity contribution in [2.24, 2.45) is 0 Å². The summed E-state index contributed by atoms with van der Waals surface area (Å²) >= 11 is 6.11. The fourth-order valence-corrected chi connectivity index (χ4v) is 2.69. The second-order valence-electron chi connectivity index (χ2n) is 5.33. The van der Waals surface area contributed by atoms with E-state index in [2.05, 4.69) is 4.98 Å². The first-order valence-corrected chi connectivity index (χ1v) is 7.43. The Balaban J connectivity index is 2.83. The number of nitrogens with one attached hydrogen (secondary N) is 1. The second kappa shape index (κ2) is 5.90. The molecule has 0 amide bonds. The Bertz CT molecular complexity index is 743. The molecule has 0 atom stereocenters. The van der Waals surface area contributed by atoms with E-state index < -0.39 is 11.2 Å². The summed E-state index contributed by atoms with van der Waals surface area (Å²) in [5.41, 5.74) is -0.298. The highest BCUT2D eigenvalue weighted by Crippen LogP contribution is 2.25. The van der Waals surface area contributed by atoms with Gasteiger partial charge in [-0.2, -0.15) is 0 Å². The van der Waals surface area contributed by atoms with Crippen molar-refractivity contribution >= 4 is 11.6 Å². The quantitative estimate of drug-likeness (QED) is 0.880. The highest BCUT2D eigenvalue weighted by atomic mass is 35.5. The van der Waals surface area contributed by atoms with Gasteiger partial charge in [-0.3, -0.25) is 14.3 Å². The molecular formula is C16H19ClN2O2. The van der Waals surface area contributed by atoms with E-state index in [0.717, 1.165) is 0 Å². The molecule has 0 saturated carbocycles. The lowest BCUT2D eigenvalue weighted by atomic mass is 9.94. The lowest BCUT2D eigenvalue weighted by molar-refractivity contribution is 0.274. The maximum atomic E-state index is 12.8. The maximum Gasteiger partial charge on any atom is 0.330 e. The van der Waals surface area contributed by atoms with E-state index in [4.69, 9.17) is 11.6 Å². The fraction of sp³-hybridized carbons (Fsp3) is 0.375. The molecule has 0 saturated heterocycles. The SMILES string of the molecule is CCC(C)(CC)n1c(=O)[nH]c(Cl)c(-c2ccccc2)c1=O. The number of nitrogens with zero attached hydrogens (tertiary/aromatic N) is 1. The molecule has 1 heterocycles. The van der Waals surface area contributed by atoms with Crippen molar-refractivity contribution in [2.45, 2.75) is 39.2 Å². The Morgan fingerprint density at radius 1 is 1.14 bits per heavy atom. The number of hydrogen-bond donors (Lipinski definition) is 1. The van der Waals surface area contributed by atoms with Gasteiger partial charge in [0.15, 0.2) is 0 Å². The number of benzene rings is 1. The Kier molecular flexibility index (Phi) is 4.37. The first kappa shape index (κ1) is 15.6. The predicted molar refractivity (Wildman–Crippen MR) is 86.0 cm³/mol. The lowest BCUT2D eigenvalue weighted by Crippen LogP contribution is -2.48. The van der Waals surface area contributed by atoms with Gasteiger partial charge < -0.3 is 0 Å². The minimum Gasteiger partial charge on any atom is -0.297 e. The summed E-state index contributed by atoms with van der Waals surface area (Å²) in [6.07, 6.45) is 1.37. The van der Waals surface area contributed by atoms with Crippen molar-refractivity contribution in [3.8, 4) is 11.1 Å². The summed E-state index contributed by atoms with van der Waals surface area (Å²) in [5.74, 6) is 0. The van der Waals surface area contributed by atoms with Gasteiger partial charge in [0.25, 0.3) is 5.56 Å². The van der Waals surface area contributed by atoms with Crippen LogP contribution < -0.4 is 11.2 Å². The zero-order chi connectivity index (χ0) is 15.6. The molecule has 0 unspecified atom stereocenters. The van der Waals surface area contributed by atoms with Gasteiger partial charge in [-0.15, -0.1) is 0 Å². The van der Waals surface area contributed by atoms with Crippen molar-refractivity contribution in [3.63, 3.8) is 0 Å². The fourth-order valence-electron chi connectivity index (χ4n) is 2.42. The van der Waals surface area contributed by atoms with Crippen molar-refractivity contribution in [1.29, 1.82) is 0 Å². The van der Waals surface area contributed by atoms with Gasteiger partial charge in [0, 0.05) is 5.54 Å². The molecule has 2 rings (SSSR count). The minimum atomic E-state index is -0.529. The van der Waals surface area contributed by atoms with Crippen LogP contribution in [0.25, 0.3) is 11.1 Å². The lowest BCUT2D eigenvalue weighted by Gasteiger charge is -2.29. The van der Waals surface area contributed by atoms with E-state index in [9.17, 15) is 9.59 Å². The Morgan fingerprint density at radius 2 is 1.71 bits per heavy atom. The van der Waals surface area contributed by atoms with E-state index in [0.29, 0.717) is 24.0 Å². The molecule has 1 N–H and O–H groups in total. The van der Waals surface area contributed by atoms with Crippen LogP contribution in [-0.2, 0) is 5.54 Å². The Hall–Kier alpha value is -1.81. The number of rotatable bonds is 4. The number of hydrogen-bond acceptors (Lipinski definition) is 2. The zero-order valence-electron chi connectivity index (χ0n) is 12.4. The van der Waals surface area contributed by atoms with Crippen molar-refractivity contribution in [3.05, 3.63) is 56.3 Å². The van der Waals surface area contributed by atoms with Crippen molar-refractivity contribution in [2.75, 3.05) is 0 Å². The minimum absolute atomic E-state index is 0.0852. The molecule has 0 bridgehead atoms. The molecule has 5 heteroatoms. The molecule has 0 fully saturated rings. The first-order chi connectivity index (χ1) is 9.94. The van der Waals surface area contributed by atoms with Gasteiger partial charge >= 0.3 is 5.69 Å². The van der Waals surface area contributed by atoms with Crippen LogP contribution in [0.15, 0.2) is 39.9 Å². The van der Waals surface area contributed by atoms with Gasteiger partial charge in [0.2, 0.25) is 0 Å².